The van der Waals surface area contributed by atoms with Crippen molar-refractivity contribution >= 4 is 5.91 Å². The number of hydrogen-bond acceptors (Lipinski definition) is 2. The van der Waals surface area contributed by atoms with Crippen molar-refractivity contribution in [3.8, 4) is 0 Å². The normalized spacial score (nSPS) is 13.8. The minimum Gasteiger partial charge on any atom is -0.341 e. The van der Waals surface area contributed by atoms with E-state index in [1.54, 1.807) is 0 Å². The highest BCUT2D eigenvalue weighted by atomic mass is 16.2. The molecule has 2 N–H and O–H groups in total. The summed E-state index contributed by atoms with van der Waals surface area (Å²) in [6, 6.07) is 8.73. The second kappa shape index (κ2) is 8.83. The number of amides is 1. The minimum atomic E-state index is 0.0728. The third-order valence-electron chi connectivity index (χ3n) is 3.95. The van der Waals surface area contributed by atoms with Crippen molar-refractivity contribution in [3.05, 3.63) is 35.4 Å². The van der Waals surface area contributed by atoms with Crippen molar-refractivity contribution < 1.29 is 4.79 Å². The molecule has 0 saturated heterocycles. The van der Waals surface area contributed by atoms with E-state index in [1.165, 1.54) is 11.1 Å². The predicted molar refractivity (Wildman–Crippen MR) is 89.0 cm³/mol. The molecule has 0 saturated carbocycles. The van der Waals surface area contributed by atoms with Gasteiger partial charge in [-0.3, -0.25) is 4.79 Å². The van der Waals surface area contributed by atoms with Gasteiger partial charge in [-0.1, -0.05) is 44.5 Å². The molecule has 3 nitrogen and oxygen atoms in total. The van der Waals surface area contributed by atoms with Crippen LogP contribution < -0.4 is 5.73 Å². The van der Waals surface area contributed by atoms with E-state index in [0.717, 1.165) is 25.7 Å². The molecule has 3 heteroatoms. The molecule has 0 spiro atoms. The van der Waals surface area contributed by atoms with Crippen LogP contribution in [-0.4, -0.2) is 23.9 Å². The quantitative estimate of drug-likeness (QED) is 0.798. The van der Waals surface area contributed by atoms with Crippen LogP contribution in [0.3, 0.4) is 0 Å². The molecule has 1 aromatic rings. The van der Waals surface area contributed by atoms with Gasteiger partial charge in [0, 0.05) is 25.6 Å². The monoisotopic (exact) mass is 290 g/mol. The van der Waals surface area contributed by atoms with Crippen LogP contribution in [0.4, 0.5) is 0 Å². The Hall–Kier alpha value is -1.35. The molecule has 0 fully saturated rings. The van der Waals surface area contributed by atoms with Crippen LogP contribution in [0.25, 0.3) is 0 Å². The lowest BCUT2D eigenvalue weighted by Crippen LogP contribution is -2.31. The molecule has 0 aliphatic heterocycles. The molecule has 2 atom stereocenters. The molecule has 0 aliphatic carbocycles. The van der Waals surface area contributed by atoms with Crippen molar-refractivity contribution in [1.29, 1.82) is 0 Å². The van der Waals surface area contributed by atoms with E-state index >= 15 is 0 Å². The number of carbonyl (C=O) groups excluding carboxylic acids is 1. The summed E-state index contributed by atoms with van der Waals surface area (Å²) in [5, 5.41) is 0. The van der Waals surface area contributed by atoms with Gasteiger partial charge in [0.25, 0.3) is 0 Å². The molecule has 1 rings (SSSR count). The molecule has 21 heavy (non-hydrogen) atoms. The van der Waals surface area contributed by atoms with Crippen LogP contribution >= 0.6 is 0 Å². The Morgan fingerprint density at radius 1 is 1.14 bits per heavy atom. The Kier molecular flexibility index (Phi) is 7.44. The lowest BCUT2D eigenvalue weighted by atomic mass is 10.0. The third kappa shape index (κ3) is 6.30. The first-order valence-corrected chi connectivity index (χ1v) is 8.02. The molecule has 0 aromatic heterocycles. The first kappa shape index (κ1) is 17.7. The van der Waals surface area contributed by atoms with Crippen LogP contribution in [0.5, 0.6) is 0 Å². The maximum Gasteiger partial charge on any atom is 0.225 e. The predicted octanol–water partition coefficient (Wildman–Crippen LogP) is 3.36. The Labute approximate surface area is 129 Å². The van der Waals surface area contributed by atoms with Crippen molar-refractivity contribution in [2.24, 2.45) is 11.7 Å². The maximum atomic E-state index is 12.3. The zero-order chi connectivity index (χ0) is 15.8. The van der Waals surface area contributed by atoms with E-state index in [2.05, 4.69) is 31.2 Å². The summed E-state index contributed by atoms with van der Waals surface area (Å²) in [4.78, 5) is 14.2. The molecule has 0 heterocycles. The Morgan fingerprint density at radius 2 is 1.71 bits per heavy atom. The summed E-state index contributed by atoms with van der Waals surface area (Å²) in [5.74, 6) is 0.294. The maximum absolute atomic E-state index is 12.3. The molecule has 118 valence electrons. The molecule has 1 aromatic carbocycles. The minimum absolute atomic E-state index is 0.0728. The zero-order valence-corrected chi connectivity index (χ0v) is 13.9. The van der Waals surface area contributed by atoms with E-state index in [1.807, 2.05) is 25.8 Å². The van der Waals surface area contributed by atoms with Crippen molar-refractivity contribution in [2.75, 3.05) is 7.05 Å². The molecular formula is C18H30N2O. The lowest BCUT2D eigenvalue weighted by Gasteiger charge is -2.22. The summed E-state index contributed by atoms with van der Waals surface area (Å²) in [7, 11) is 1.89. The highest BCUT2D eigenvalue weighted by molar-refractivity contribution is 5.78. The van der Waals surface area contributed by atoms with Crippen LogP contribution in [0, 0.1) is 5.92 Å². The lowest BCUT2D eigenvalue weighted by molar-refractivity contribution is -0.134. The van der Waals surface area contributed by atoms with Gasteiger partial charge in [-0.15, -0.1) is 0 Å². The second-order valence-corrected chi connectivity index (χ2v) is 6.17. The molecule has 0 radical (unpaired) electrons. The molecule has 0 bridgehead atoms. The topological polar surface area (TPSA) is 46.3 Å². The van der Waals surface area contributed by atoms with Gasteiger partial charge in [0.05, 0.1) is 0 Å². The van der Waals surface area contributed by atoms with Gasteiger partial charge >= 0.3 is 0 Å². The van der Waals surface area contributed by atoms with E-state index in [0.29, 0.717) is 6.54 Å². The van der Waals surface area contributed by atoms with Gasteiger partial charge in [-0.2, -0.15) is 0 Å². The van der Waals surface area contributed by atoms with Crippen LogP contribution in [0.15, 0.2) is 24.3 Å². The van der Waals surface area contributed by atoms with Crippen LogP contribution in [0.2, 0.25) is 0 Å². The fourth-order valence-corrected chi connectivity index (χ4v) is 2.48. The average molecular weight is 290 g/mol. The standard InChI is InChI=1S/C18H30N2O/c1-5-16-9-11-17(12-10-16)13-20(4)18(21)14(2)7-6-8-15(3)19/h9-12,14-15H,5-8,13,19H2,1-4H3. The smallest absolute Gasteiger partial charge is 0.225 e. The molecule has 2 unspecified atom stereocenters. The Bertz CT molecular complexity index is 425. The third-order valence-corrected chi connectivity index (χ3v) is 3.95. The van der Waals surface area contributed by atoms with E-state index in [4.69, 9.17) is 5.73 Å². The summed E-state index contributed by atoms with van der Waals surface area (Å²) >= 11 is 0. The van der Waals surface area contributed by atoms with Crippen molar-refractivity contribution in [1.82, 2.24) is 4.90 Å². The van der Waals surface area contributed by atoms with Gasteiger partial charge in [0.15, 0.2) is 0 Å². The van der Waals surface area contributed by atoms with E-state index in [-0.39, 0.29) is 17.9 Å². The number of nitrogens with two attached hydrogens (primary N) is 1. The van der Waals surface area contributed by atoms with Crippen molar-refractivity contribution in [3.63, 3.8) is 0 Å². The first-order chi connectivity index (χ1) is 9.93. The van der Waals surface area contributed by atoms with Crippen LogP contribution in [0.1, 0.15) is 51.2 Å². The average Bonchev–Trinajstić information content (AvgIpc) is 2.46. The highest BCUT2D eigenvalue weighted by Crippen LogP contribution is 2.14. The van der Waals surface area contributed by atoms with Gasteiger partial charge < -0.3 is 10.6 Å². The molecule has 0 aliphatic rings. The number of nitrogens with zero attached hydrogens (tertiary/aromatic N) is 1. The van der Waals surface area contributed by atoms with Gasteiger partial charge in [0.1, 0.15) is 0 Å². The van der Waals surface area contributed by atoms with Gasteiger partial charge in [0.2, 0.25) is 5.91 Å². The molecule has 1 amide bonds. The number of rotatable bonds is 8. The van der Waals surface area contributed by atoms with Gasteiger partial charge in [-0.25, -0.2) is 0 Å². The zero-order valence-electron chi connectivity index (χ0n) is 13.9. The SMILES string of the molecule is CCc1ccc(CN(C)C(=O)C(C)CCCC(C)N)cc1. The molecular weight excluding hydrogens is 260 g/mol. The summed E-state index contributed by atoms with van der Waals surface area (Å²) in [6.07, 6.45) is 3.97. The fraction of sp³-hybridized carbons (Fsp3) is 0.611. The first-order valence-electron chi connectivity index (χ1n) is 8.02. The number of carbonyl (C=O) groups is 1. The number of aryl methyl sites for hydroxylation is 1. The van der Waals surface area contributed by atoms with E-state index < -0.39 is 0 Å². The Balaban J connectivity index is 2.45. The number of benzene rings is 1. The second-order valence-electron chi connectivity index (χ2n) is 6.17. The largest absolute Gasteiger partial charge is 0.341 e. The number of hydrogen-bond donors (Lipinski definition) is 1. The van der Waals surface area contributed by atoms with Crippen LogP contribution in [-0.2, 0) is 17.8 Å². The van der Waals surface area contributed by atoms with Crippen molar-refractivity contribution in [2.45, 2.75) is 59.0 Å². The summed E-state index contributed by atoms with van der Waals surface area (Å²) in [6.45, 7) is 6.85. The fourth-order valence-electron chi connectivity index (χ4n) is 2.48. The summed E-state index contributed by atoms with van der Waals surface area (Å²) < 4.78 is 0. The van der Waals surface area contributed by atoms with Gasteiger partial charge in [-0.05, 0) is 37.3 Å². The van der Waals surface area contributed by atoms with E-state index in [9.17, 15) is 4.79 Å². The highest BCUT2D eigenvalue weighted by Gasteiger charge is 2.17. The Morgan fingerprint density at radius 3 is 2.24 bits per heavy atom. The summed E-state index contributed by atoms with van der Waals surface area (Å²) in [5.41, 5.74) is 8.26.